The van der Waals surface area contributed by atoms with Gasteiger partial charge in [0, 0.05) is 51.3 Å². The van der Waals surface area contributed by atoms with Crippen molar-refractivity contribution >= 4 is 5.78 Å². The van der Waals surface area contributed by atoms with Crippen LogP contribution in [0.25, 0.3) is 5.73 Å². The maximum atomic E-state index is 9.84. The summed E-state index contributed by atoms with van der Waals surface area (Å²) in [7, 11) is 0. The Kier molecular flexibility index (Phi) is 21.7. The first kappa shape index (κ1) is 16.6. The molecule has 0 aliphatic heterocycles. The molecule has 4 heteroatoms. The molecule has 0 aliphatic carbocycles. The fraction of sp³-hybridized carbons (Fsp3) is 0.400. The first-order valence-electron chi connectivity index (χ1n) is 2.04. The average Bonchev–Trinajstić information content (AvgIpc) is 1.61. The summed E-state index contributed by atoms with van der Waals surface area (Å²) in [5.74, 6) is -0.438. The predicted molar refractivity (Wildman–Crippen MR) is 27.4 cm³/mol. The van der Waals surface area contributed by atoms with Gasteiger partial charge in [-0.15, -0.1) is 0 Å². The van der Waals surface area contributed by atoms with Gasteiger partial charge >= 0.3 is 0 Å². The number of hydrogen-bond donors (Lipinski definition) is 0. The fourth-order valence-corrected chi connectivity index (χ4v) is 0.214. The third-order valence-electron chi connectivity index (χ3n) is 0.490. The Bertz CT molecular complexity index is 70.0. The van der Waals surface area contributed by atoms with Crippen molar-refractivity contribution in [1.29, 1.82) is 0 Å². The fourth-order valence-electron chi connectivity index (χ4n) is 0.214. The zero-order valence-corrected chi connectivity index (χ0v) is 9.24. The van der Waals surface area contributed by atoms with Gasteiger partial charge in [-0.2, -0.15) is 18.7 Å². The SMILES string of the molecule is [CH-]C(=O)[CH-]CC[NH-].[V].[Y]. The van der Waals surface area contributed by atoms with Crippen molar-refractivity contribution in [3.05, 3.63) is 19.1 Å². The second-order valence-electron chi connectivity index (χ2n) is 1.15. The molecular weight excluding hydrogens is 230 g/mol. The van der Waals surface area contributed by atoms with Crippen LogP contribution >= 0.6 is 0 Å². The molecule has 0 aromatic heterocycles. The van der Waals surface area contributed by atoms with E-state index in [4.69, 9.17) is 12.7 Å². The van der Waals surface area contributed by atoms with Gasteiger partial charge in [-0.1, -0.05) is 0 Å². The van der Waals surface area contributed by atoms with Crippen molar-refractivity contribution in [3.8, 4) is 0 Å². The second kappa shape index (κ2) is 11.8. The van der Waals surface area contributed by atoms with E-state index in [2.05, 4.69) is 0 Å². The quantitative estimate of drug-likeness (QED) is 0.672. The number of ketones is 1. The number of hydrogen-bond acceptors (Lipinski definition) is 1. The van der Waals surface area contributed by atoms with Crippen LogP contribution in [0, 0.1) is 13.3 Å². The summed E-state index contributed by atoms with van der Waals surface area (Å²) in [4.78, 5) is 9.84. The van der Waals surface area contributed by atoms with E-state index in [9.17, 15) is 4.79 Å². The van der Waals surface area contributed by atoms with Gasteiger partial charge in [0.05, 0.1) is 0 Å². The van der Waals surface area contributed by atoms with Crippen molar-refractivity contribution in [1.82, 2.24) is 0 Å². The summed E-state index contributed by atoms with van der Waals surface area (Å²) in [6.45, 7) is 4.94. The predicted octanol–water partition coefficient (Wildman–Crippen LogP) is 0.908. The molecule has 0 aromatic carbocycles. The summed E-state index contributed by atoms with van der Waals surface area (Å²) in [6.07, 6.45) is 1.77. The molecule has 0 rings (SSSR count). The number of carbonyl (C=O) groups excluding carboxylic acids is 1. The van der Waals surface area contributed by atoms with Crippen LogP contribution in [0.5, 0.6) is 0 Å². The minimum Gasteiger partial charge on any atom is -0.679 e. The van der Waals surface area contributed by atoms with Gasteiger partial charge in [-0.3, -0.25) is 0 Å². The first-order valence-corrected chi connectivity index (χ1v) is 2.04. The van der Waals surface area contributed by atoms with Crippen molar-refractivity contribution in [3.63, 3.8) is 0 Å². The molecule has 0 heterocycles. The van der Waals surface area contributed by atoms with E-state index < -0.39 is 5.78 Å². The van der Waals surface area contributed by atoms with E-state index in [1.54, 1.807) is 0 Å². The summed E-state index contributed by atoms with van der Waals surface area (Å²) < 4.78 is 0. The van der Waals surface area contributed by atoms with Gasteiger partial charge in [0.1, 0.15) is 0 Å². The van der Waals surface area contributed by atoms with Gasteiger partial charge in [-0.25, -0.2) is 0 Å². The van der Waals surface area contributed by atoms with Gasteiger partial charge in [-0.05, 0) is 0 Å². The third kappa shape index (κ3) is 17.6. The van der Waals surface area contributed by atoms with E-state index >= 15 is 0 Å². The summed E-state index contributed by atoms with van der Waals surface area (Å²) >= 11 is 0. The molecule has 9 heavy (non-hydrogen) atoms. The molecule has 0 saturated heterocycles. The molecule has 0 unspecified atom stereocenters. The Morgan fingerprint density at radius 1 is 1.67 bits per heavy atom. The van der Waals surface area contributed by atoms with Crippen LogP contribution in [0.15, 0.2) is 0 Å². The van der Waals surface area contributed by atoms with Gasteiger partial charge < -0.3 is 23.9 Å². The smallest absolute Gasteiger partial charge is 0 e. The van der Waals surface area contributed by atoms with Crippen LogP contribution in [-0.4, -0.2) is 12.3 Å². The summed E-state index contributed by atoms with van der Waals surface area (Å²) in [6, 6.07) is 0. The average molecular weight is 237 g/mol. The van der Waals surface area contributed by atoms with Crippen molar-refractivity contribution in [2.24, 2.45) is 0 Å². The zero-order valence-electron chi connectivity index (χ0n) is 5.00. The van der Waals surface area contributed by atoms with Crippen LogP contribution in [0.3, 0.4) is 0 Å². The molecule has 0 bridgehead atoms. The van der Waals surface area contributed by atoms with Crippen LogP contribution in [0.4, 0.5) is 0 Å². The Morgan fingerprint density at radius 3 is 2.22 bits per heavy atom. The second-order valence-corrected chi connectivity index (χ2v) is 1.15. The molecule has 0 aliphatic rings. The maximum Gasteiger partial charge on any atom is 0 e. The van der Waals surface area contributed by atoms with E-state index in [-0.39, 0.29) is 57.8 Å². The minimum absolute atomic E-state index is 0. The minimum atomic E-state index is -0.438. The summed E-state index contributed by atoms with van der Waals surface area (Å²) in [5, 5.41) is 0. The Balaban J connectivity index is -0.000000180. The van der Waals surface area contributed by atoms with E-state index in [1.165, 1.54) is 6.42 Å². The molecule has 0 aromatic rings. The van der Waals surface area contributed by atoms with Crippen molar-refractivity contribution in [2.75, 3.05) is 6.54 Å². The van der Waals surface area contributed by atoms with Crippen molar-refractivity contribution < 1.29 is 56.1 Å². The standard InChI is InChI=1S/C5H7NO.V.Y/c1-5(7)3-2-4-6;;/h1,3,6H,2,4H2;;/q-3;;. The Labute approximate surface area is 93.1 Å². The molecule has 3 radical (unpaired) electrons. The molecule has 2 nitrogen and oxygen atoms in total. The largest absolute Gasteiger partial charge is 0.679 e. The van der Waals surface area contributed by atoms with E-state index in [0.717, 1.165) is 0 Å². The third-order valence-corrected chi connectivity index (χ3v) is 0.490. The first-order chi connectivity index (χ1) is 3.27. The van der Waals surface area contributed by atoms with Crippen LogP contribution in [-0.2, 0) is 56.1 Å². The molecule has 49 valence electrons. The van der Waals surface area contributed by atoms with Gasteiger partial charge in [0.2, 0.25) is 0 Å². The van der Waals surface area contributed by atoms with E-state index in [0.29, 0.717) is 6.42 Å². The van der Waals surface area contributed by atoms with Crippen LogP contribution in [0.1, 0.15) is 6.42 Å². The number of Topliss-reactive ketones (excluding diaryl/α,β-unsaturated/α-hetero) is 1. The van der Waals surface area contributed by atoms with Crippen LogP contribution < -0.4 is 0 Å². The monoisotopic (exact) mass is 237 g/mol. The maximum absolute atomic E-state index is 9.84. The zero-order chi connectivity index (χ0) is 5.70. The molecule has 0 amide bonds. The molecule has 0 saturated carbocycles. The Morgan fingerprint density at radius 2 is 2.11 bits per heavy atom. The number of carbonyl (C=O) groups is 1. The van der Waals surface area contributed by atoms with Crippen LogP contribution in [0.2, 0.25) is 0 Å². The summed E-state index contributed by atoms with van der Waals surface area (Å²) in [5.41, 5.74) is 6.56. The van der Waals surface area contributed by atoms with Gasteiger partial charge in [0.15, 0.2) is 0 Å². The van der Waals surface area contributed by atoms with Crippen molar-refractivity contribution in [2.45, 2.75) is 6.42 Å². The molecule has 0 atom stereocenters. The molecule has 0 fully saturated rings. The number of nitrogens with one attached hydrogen (secondary N) is 1. The molecule has 0 spiro atoms. The topological polar surface area (TPSA) is 40.9 Å². The molecular formula is C5H7NOVY-3. The number of rotatable bonds is 3. The van der Waals surface area contributed by atoms with Gasteiger partial charge in [0.25, 0.3) is 0 Å². The van der Waals surface area contributed by atoms with E-state index in [1.807, 2.05) is 0 Å². The normalized spacial score (nSPS) is 6.33. The Hall–Kier alpha value is 1.06. The molecule has 1 N–H and O–H groups in total.